The van der Waals surface area contributed by atoms with Crippen LogP contribution in [-0.2, 0) is 18.3 Å². The predicted octanol–water partition coefficient (Wildman–Crippen LogP) is 3.84. The van der Waals surface area contributed by atoms with E-state index in [-0.39, 0.29) is 6.61 Å². The highest BCUT2D eigenvalue weighted by molar-refractivity contribution is 7.54. The summed E-state index contributed by atoms with van der Waals surface area (Å²) in [5.74, 6) is -1.04. The number of ether oxygens (including phenoxy) is 2. The zero-order chi connectivity index (χ0) is 20.6. The molecule has 0 aliphatic rings. The van der Waals surface area contributed by atoms with Crippen molar-refractivity contribution in [3.8, 4) is 5.75 Å². The van der Waals surface area contributed by atoms with Gasteiger partial charge < -0.3 is 28.9 Å². The maximum absolute atomic E-state index is 13.3. The van der Waals surface area contributed by atoms with Crippen molar-refractivity contribution >= 4 is 13.7 Å². The van der Waals surface area contributed by atoms with Crippen LogP contribution in [0.3, 0.4) is 0 Å². The van der Waals surface area contributed by atoms with E-state index in [4.69, 9.17) is 18.5 Å². The first-order valence-electron chi connectivity index (χ1n) is 8.84. The zero-order valence-electron chi connectivity index (χ0n) is 16.7. The number of aliphatic hydroxyl groups excluding tert-OH is 1. The van der Waals surface area contributed by atoms with Gasteiger partial charge in [-0.05, 0) is 52.3 Å². The molecule has 0 saturated heterocycles. The number of methoxy groups -OCH3 is 1. The summed E-state index contributed by atoms with van der Waals surface area (Å²) in [6.07, 6.45) is -1.66. The fourth-order valence-corrected chi connectivity index (χ4v) is 4.45. The molecular formula is C18H30NO7P. The largest absolute Gasteiger partial charge is 0.497 e. The molecule has 0 spiro atoms. The van der Waals surface area contributed by atoms with Gasteiger partial charge in [-0.25, -0.2) is 4.79 Å². The molecule has 1 aromatic carbocycles. The van der Waals surface area contributed by atoms with E-state index in [1.165, 1.54) is 7.11 Å². The molecule has 0 aromatic heterocycles. The first-order chi connectivity index (χ1) is 12.6. The van der Waals surface area contributed by atoms with Gasteiger partial charge in [0.05, 0.1) is 32.0 Å². The Kier molecular flexibility index (Phi) is 9.26. The number of alkyl carbamates (subject to hydrolysis) is 1. The van der Waals surface area contributed by atoms with Gasteiger partial charge in [-0.2, -0.15) is 0 Å². The predicted molar refractivity (Wildman–Crippen MR) is 102 cm³/mol. The molecule has 0 aliphatic heterocycles. The lowest BCUT2D eigenvalue weighted by Gasteiger charge is -2.32. The summed E-state index contributed by atoms with van der Waals surface area (Å²) in [4.78, 5) is 12.0. The van der Waals surface area contributed by atoms with Crippen LogP contribution in [0.2, 0.25) is 0 Å². The number of carbonyl (C=O) groups excluding carboxylic acids is 1. The molecule has 0 fully saturated rings. The average molecular weight is 403 g/mol. The van der Waals surface area contributed by atoms with Gasteiger partial charge in [0.15, 0.2) is 5.85 Å². The van der Waals surface area contributed by atoms with Gasteiger partial charge in [-0.1, -0.05) is 12.1 Å². The van der Waals surface area contributed by atoms with E-state index in [0.717, 1.165) is 0 Å². The number of benzene rings is 1. The number of nitrogens with one attached hydrogen (secondary N) is 1. The normalized spacial score (nSPS) is 14.1. The van der Waals surface area contributed by atoms with Crippen molar-refractivity contribution in [2.75, 3.05) is 13.7 Å². The second kappa shape index (κ2) is 10.7. The fourth-order valence-electron chi connectivity index (χ4n) is 2.36. The Balaban J connectivity index is 3.27. The van der Waals surface area contributed by atoms with E-state index in [1.54, 1.807) is 58.9 Å². The third kappa shape index (κ3) is 7.14. The summed E-state index contributed by atoms with van der Waals surface area (Å²) in [5, 5.41) is 13.4. The van der Waals surface area contributed by atoms with E-state index < -0.39 is 37.8 Å². The van der Waals surface area contributed by atoms with E-state index >= 15 is 0 Å². The van der Waals surface area contributed by atoms with Gasteiger partial charge in [0.25, 0.3) is 0 Å². The molecular weight excluding hydrogens is 373 g/mol. The molecule has 0 unspecified atom stereocenters. The SMILES string of the molecule is CCOC(=O)N[C@H](c1ccc(OC)cc1)[C@H](O)P(=O)(OC(C)C)OC(C)C. The summed E-state index contributed by atoms with van der Waals surface area (Å²) in [6, 6.07) is 5.55. The second-order valence-electron chi connectivity index (χ2n) is 6.38. The number of rotatable bonds is 10. The van der Waals surface area contributed by atoms with E-state index in [9.17, 15) is 14.5 Å². The Hall–Kier alpha value is -1.60. The minimum atomic E-state index is -3.98. The molecule has 1 aromatic rings. The highest BCUT2D eigenvalue weighted by atomic mass is 31.2. The molecule has 0 heterocycles. The number of aliphatic hydroxyl groups is 1. The molecule has 27 heavy (non-hydrogen) atoms. The van der Waals surface area contributed by atoms with Gasteiger partial charge in [-0.3, -0.25) is 4.57 Å². The molecule has 0 saturated carbocycles. The molecule has 1 rings (SSSR count). The minimum absolute atomic E-state index is 0.153. The Morgan fingerprint density at radius 2 is 1.63 bits per heavy atom. The topological polar surface area (TPSA) is 103 Å². The van der Waals surface area contributed by atoms with Crippen molar-refractivity contribution < 1.29 is 33.0 Å². The molecule has 1 amide bonds. The van der Waals surface area contributed by atoms with Crippen LogP contribution in [0.4, 0.5) is 4.79 Å². The lowest BCUT2D eigenvalue weighted by Crippen LogP contribution is -2.38. The van der Waals surface area contributed by atoms with Crippen molar-refractivity contribution in [3.63, 3.8) is 0 Å². The number of hydrogen-bond acceptors (Lipinski definition) is 7. The Labute approximate surface area is 160 Å². The second-order valence-corrected chi connectivity index (χ2v) is 8.41. The van der Waals surface area contributed by atoms with Crippen LogP contribution in [0.5, 0.6) is 5.75 Å². The first-order valence-corrected chi connectivity index (χ1v) is 10.5. The lowest BCUT2D eigenvalue weighted by molar-refractivity contribution is 0.0832. The molecule has 8 nitrogen and oxygen atoms in total. The zero-order valence-corrected chi connectivity index (χ0v) is 17.6. The van der Waals surface area contributed by atoms with Crippen LogP contribution in [-0.4, -0.2) is 43.0 Å². The van der Waals surface area contributed by atoms with Gasteiger partial charge in [-0.15, -0.1) is 0 Å². The molecule has 2 N–H and O–H groups in total. The first kappa shape index (κ1) is 23.4. The Bertz CT molecular complexity index is 619. The third-order valence-corrected chi connectivity index (χ3v) is 5.74. The highest BCUT2D eigenvalue weighted by Gasteiger charge is 2.43. The van der Waals surface area contributed by atoms with Crippen molar-refractivity contribution in [2.24, 2.45) is 0 Å². The number of amides is 1. The Morgan fingerprint density at radius 3 is 2.04 bits per heavy atom. The fraction of sp³-hybridized carbons (Fsp3) is 0.611. The third-order valence-electron chi connectivity index (χ3n) is 3.36. The van der Waals surface area contributed by atoms with E-state index in [1.807, 2.05) is 0 Å². The van der Waals surface area contributed by atoms with E-state index in [0.29, 0.717) is 11.3 Å². The quantitative estimate of drug-likeness (QED) is 0.572. The molecule has 9 heteroatoms. The smallest absolute Gasteiger partial charge is 0.407 e. The molecule has 2 atom stereocenters. The van der Waals surface area contributed by atoms with Gasteiger partial charge >= 0.3 is 13.7 Å². The average Bonchev–Trinajstić information content (AvgIpc) is 2.58. The van der Waals surface area contributed by atoms with Crippen LogP contribution >= 0.6 is 7.60 Å². The summed E-state index contributed by atoms with van der Waals surface area (Å²) in [5.41, 5.74) is 0.497. The highest BCUT2D eigenvalue weighted by Crippen LogP contribution is 2.57. The summed E-state index contributed by atoms with van der Waals surface area (Å²) >= 11 is 0. The summed E-state index contributed by atoms with van der Waals surface area (Å²) in [7, 11) is -2.46. The van der Waals surface area contributed by atoms with Crippen LogP contribution in [0.1, 0.15) is 46.2 Å². The maximum atomic E-state index is 13.3. The van der Waals surface area contributed by atoms with Crippen LogP contribution < -0.4 is 10.1 Å². The minimum Gasteiger partial charge on any atom is -0.497 e. The molecule has 0 radical (unpaired) electrons. The van der Waals surface area contributed by atoms with Crippen molar-refractivity contribution in [1.82, 2.24) is 5.32 Å². The molecule has 154 valence electrons. The summed E-state index contributed by atoms with van der Waals surface area (Å²) < 4.78 is 34.3. The van der Waals surface area contributed by atoms with Crippen molar-refractivity contribution in [2.45, 2.75) is 58.7 Å². The van der Waals surface area contributed by atoms with Gasteiger partial charge in [0.1, 0.15) is 5.75 Å². The number of carbonyl (C=O) groups is 1. The standard InChI is InChI=1S/C18H30NO7P/c1-7-24-18(21)19-16(14-8-10-15(23-6)11-9-14)17(20)27(22,25-12(2)3)26-13(4)5/h8-13,16-17,20H,7H2,1-6H3,(H,19,21)/t16-,17-/m1/s1. The monoisotopic (exact) mass is 403 g/mol. The Morgan fingerprint density at radius 1 is 1.11 bits per heavy atom. The molecule has 0 aliphatic carbocycles. The number of hydrogen-bond donors (Lipinski definition) is 2. The van der Waals surface area contributed by atoms with Crippen molar-refractivity contribution in [3.05, 3.63) is 29.8 Å². The van der Waals surface area contributed by atoms with Crippen LogP contribution in [0.15, 0.2) is 24.3 Å². The molecule has 0 bridgehead atoms. The summed E-state index contributed by atoms with van der Waals surface area (Å²) in [6.45, 7) is 8.55. The van der Waals surface area contributed by atoms with E-state index in [2.05, 4.69) is 5.32 Å². The lowest BCUT2D eigenvalue weighted by atomic mass is 10.1. The van der Waals surface area contributed by atoms with Gasteiger partial charge in [0, 0.05) is 0 Å². The maximum Gasteiger partial charge on any atom is 0.407 e. The van der Waals surface area contributed by atoms with Crippen molar-refractivity contribution in [1.29, 1.82) is 0 Å². The van der Waals surface area contributed by atoms with Gasteiger partial charge in [0.2, 0.25) is 0 Å². The van der Waals surface area contributed by atoms with Crippen LogP contribution in [0, 0.1) is 0 Å². The van der Waals surface area contributed by atoms with Crippen LogP contribution in [0.25, 0.3) is 0 Å².